The van der Waals surface area contributed by atoms with Gasteiger partial charge in [-0.15, -0.1) is 0 Å². The van der Waals surface area contributed by atoms with E-state index in [4.69, 9.17) is 14.2 Å². The first kappa shape index (κ1) is 14.6. The maximum atomic E-state index is 11.6. The molecule has 0 spiro atoms. The molecule has 0 bridgehead atoms. The van der Waals surface area contributed by atoms with Crippen LogP contribution in [0.4, 0.5) is 0 Å². The molecule has 0 aromatic heterocycles. The summed E-state index contributed by atoms with van der Waals surface area (Å²) in [7, 11) is 1.37. The predicted octanol–water partition coefficient (Wildman–Crippen LogP) is 2.92. The molecule has 1 aliphatic rings. The zero-order valence-corrected chi connectivity index (χ0v) is 11.8. The van der Waals surface area contributed by atoms with Crippen LogP contribution in [0.15, 0.2) is 24.8 Å². The van der Waals surface area contributed by atoms with Gasteiger partial charge in [0, 0.05) is 18.8 Å². The molecular formula is C16H20O4. The predicted molar refractivity (Wildman–Crippen MR) is 76.9 cm³/mol. The Kier molecular flexibility index (Phi) is 5.18. The van der Waals surface area contributed by atoms with Gasteiger partial charge in [-0.2, -0.15) is 0 Å². The second-order valence-corrected chi connectivity index (χ2v) is 4.82. The van der Waals surface area contributed by atoms with E-state index in [-0.39, 0.29) is 5.97 Å². The number of methoxy groups -OCH3 is 1. The van der Waals surface area contributed by atoms with E-state index in [9.17, 15) is 4.79 Å². The largest absolute Gasteiger partial charge is 0.493 e. The van der Waals surface area contributed by atoms with Gasteiger partial charge in [0.25, 0.3) is 0 Å². The van der Waals surface area contributed by atoms with Crippen LogP contribution in [0.3, 0.4) is 0 Å². The normalized spacial score (nSPS) is 15.7. The molecule has 1 aromatic rings. The first-order valence-corrected chi connectivity index (χ1v) is 6.80. The lowest BCUT2D eigenvalue weighted by Crippen LogP contribution is -2.21. The summed E-state index contributed by atoms with van der Waals surface area (Å²) in [4.78, 5) is 11.6. The number of rotatable bonds is 5. The monoisotopic (exact) mass is 276 g/mol. The van der Waals surface area contributed by atoms with Gasteiger partial charge in [0.15, 0.2) is 0 Å². The van der Waals surface area contributed by atoms with E-state index in [0.717, 1.165) is 31.6 Å². The fourth-order valence-corrected chi connectivity index (χ4v) is 2.19. The Hall–Kier alpha value is -1.81. The molecule has 4 nitrogen and oxygen atoms in total. The number of carbonyl (C=O) groups is 1. The molecule has 0 atom stereocenters. The van der Waals surface area contributed by atoms with Gasteiger partial charge >= 0.3 is 5.97 Å². The van der Waals surface area contributed by atoms with Crippen LogP contribution in [0.2, 0.25) is 0 Å². The summed E-state index contributed by atoms with van der Waals surface area (Å²) in [5, 5.41) is 0. The highest BCUT2D eigenvalue weighted by Gasteiger charge is 2.16. The summed E-state index contributed by atoms with van der Waals surface area (Å²) in [6.07, 6.45) is 3.75. The summed E-state index contributed by atoms with van der Waals surface area (Å²) >= 11 is 0. The van der Waals surface area contributed by atoms with Crippen molar-refractivity contribution in [3.05, 3.63) is 35.9 Å². The molecule has 1 aliphatic heterocycles. The molecule has 0 radical (unpaired) electrons. The lowest BCUT2D eigenvalue weighted by atomic mass is 10.0. The van der Waals surface area contributed by atoms with E-state index in [0.29, 0.717) is 23.8 Å². The lowest BCUT2D eigenvalue weighted by molar-refractivity contribution is 0.0496. The molecule has 1 heterocycles. The molecule has 2 rings (SSSR count). The molecule has 0 N–H and O–H groups in total. The van der Waals surface area contributed by atoms with Gasteiger partial charge in [0.05, 0.1) is 19.3 Å². The Morgan fingerprint density at radius 2 is 2.20 bits per heavy atom. The minimum atomic E-state index is -0.364. The van der Waals surface area contributed by atoms with Crippen molar-refractivity contribution < 1.29 is 19.0 Å². The maximum Gasteiger partial charge on any atom is 0.337 e. The molecule has 1 fully saturated rings. The molecule has 1 aromatic carbocycles. The Morgan fingerprint density at radius 3 is 2.85 bits per heavy atom. The number of hydrogen-bond donors (Lipinski definition) is 0. The van der Waals surface area contributed by atoms with Crippen LogP contribution in [-0.4, -0.2) is 32.9 Å². The standard InChI is InChI=1S/C16H20O4/c1-3-13-4-5-14(16(17)18-2)10-15(13)20-11-12-6-8-19-9-7-12/h3-5,10,12H,1,6-9,11H2,2H3. The lowest BCUT2D eigenvalue weighted by Gasteiger charge is -2.22. The van der Waals surface area contributed by atoms with Crippen LogP contribution in [0, 0.1) is 5.92 Å². The Morgan fingerprint density at radius 1 is 1.45 bits per heavy atom. The van der Waals surface area contributed by atoms with Crippen LogP contribution in [-0.2, 0) is 9.47 Å². The Balaban J connectivity index is 2.07. The molecule has 1 saturated heterocycles. The Labute approximate surface area is 119 Å². The molecule has 20 heavy (non-hydrogen) atoms. The first-order chi connectivity index (χ1) is 9.74. The number of esters is 1. The molecule has 108 valence electrons. The molecule has 0 aliphatic carbocycles. The Bertz CT molecular complexity index is 475. The molecule has 0 unspecified atom stereocenters. The smallest absolute Gasteiger partial charge is 0.337 e. The van der Waals surface area contributed by atoms with Crippen LogP contribution < -0.4 is 4.74 Å². The first-order valence-electron chi connectivity index (χ1n) is 6.80. The van der Waals surface area contributed by atoms with Crippen molar-refractivity contribution >= 4 is 12.0 Å². The summed E-state index contributed by atoms with van der Waals surface area (Å²) in [5.74, 6) is 0.814. The van der Waals surface area contributed by atoms with Gasteiger partial charge in [-0.25, -0.2) is 4.79 Å². The minimum Gasteiger partial charge on any atom is -0.493 e. The van der Waals surface area contributed by atoms with Crippen molar-refractivity contribution in [2.75, 3.05) is 26.9 Å². The zero-order valence-electron chi connectivity index (χ0n) is 11.8. The highest BCUT2D eigenvalue weighted by Crippen LogP contribution is 2.24. The van der Waals surface area contributed by atoms with Crippen molar-refractivity contribution in [2.45, 2.75) is 12.8 Å². The average molecular weight is 276 g/mol. The number of benzene rings is 1. The summed E-state index contributed by atoms with van der Waals surface area (Å²) in [6.45, 7) is 5.99. The van der Waals surface area contributed by atoms with Gasteiger partial charge in [0.1, 0.15) is 5.75 Å². The van der Waals surface area contributed by atoms with Crippen LogP contribution in [0.1, 0.15) is 28.8 Å². The van der Waals surface area contributed by atoms with E-state index in [1.807, 2.05) is 6.07 Å². The maximum absolute atomic E-state index is 11.6. The molecular weight excluding hydrogens is 256 g/mol. The van der Waals surface area contributed by atoms with Crippen molar-refractivity contribution in [1.29, 1.82) is 0 Å². The van der Waals surface area contributed by atoms with Crippen LogP contribution in [0.5, 0.6) is 5.75 Å². The highest BCUT2D eigenvalue weighted by atomic mass is 16.5. The van der Waals surface area contributed by atoms with Crippen molar-refractivity contribution in [3.63, 3.8) is 0 Å². The van der Waals surface area contributed by atoms with Crippen molar-refractivity contribution in [2.24, 2.45) is 5.92 Å². The fourth-order valence-electron chi connectivity index (χ4n) is 2.19. The van der Waals surface area contributed by atoms with Gasteiger partial charge in [-0.3, -0.25) is 0 Å². The fraction of sp³-hybridized carbons (Fsp3) is 0.438. The van der Waals surface area contributed by atoms with Crippen LogP contribution in [0.25, 0.3) is 6.08 Å². The number of carbonyl (C=O) groups excluding carboxylic acids is 1. The third-order valence-corrected chi connectivity index (χ3v) is 3.47. The van der Waals surface area contributed by atoms with Gasteiger partial charge in [0.2, 0.25) is 0 Å². The molecule has 0 saturated carbocycles. The highest BCUT2D eigenvalue weighted by molar-refractivity contribution is 5.90. The van der Waals surface area contributed by atoms with E-state index >= 15 is 0 Å². The molecule has 4 heteroatoms. The molecule has 0 amide bonds. The van der Waals surface area contributed by atoms with E-state index in [1.54, 1.807) is 18.2 Å². The van der Waals surface area contributed by atoms with Crippen molar-refractivity contribution in [1.82, 2.24) is 0 Å². The third-order valence-electron chi connectivity index (χ3n) is 3.47. The summed E-state index contributed by atoms with van der Waals surface area (Å²) < 4.78 is 15.9. The second kappa shape index (κ2) is 7.10. The quantitative estimate of drug-likeness (QED) is 0.776. The SMILES string of the molecule is C=Cc1ccc(C(=O)OC)cc1OCC1CCOCC1. The van der Waals surface area contributed by atoms with E-state index in [2.05, 4.69) is 6.58 Å². The number of ether oxygens (including phenoxy) is 3. The van der Waals surface area contributed by atoms with Gasteiger partial charge < -0.3 is 14.2 Å². The van der Waals surface area contributed by atoms with E-state index in [1.165, 1.54) is 7.11 Å². The minimum absolute atomic E-state index is 0.364. The topological polar surface area (TPSA) is 44.8 Å². The second-order valence-electron chi connectivity index (χ2n) is 4.82. The van der Waals surface area contributed by atoms with Gasteiger partial charge in [-0.1, -0.05) is 18.7 Å². The van der Waals surface area contributed by atoms with Gasteiger partial charge in [-0.05, 0) is 30.9 Å². The van der Waals surface area contributed by atoms with E-state index < -0.39 is 0 Å². The zero-order chi connectivity index (χ0) is 14.4. The summed E-state index contributed by atoms with van der Waals surface area (Å²) in [6, 6.07) is 5.24. The van der Waals surface area contributed by atoms with Crippen molar-refractivity contribution in [3.8, 4) is 5.75 Å². The number of hydrogen-bond acceptors (Lipinski definition) is 4. The average Bonchev–Trinajstić information content (AvgIpc) is 2.52. The van der Waals surface area contributed by atoms with Crippen LogP contribution >= 0.6 is 0 Å². The summed E-state index contributed by atoms with van der Waals surface area (Å²) in [5.41, 5.74) is 1.37. The third kappa shape index (κ3) is 3.61.